The molecule has 0 unspecified atom stereocenters. The largest absolute Gasteiger partial charge is 0.494 e. The van der Waals surface area contributed by atoms with Crippen LogP contribution in [0.4, 0.5) is 4.39 Å². The van der Waals surface area contributed by atoms with Crippen molar-refractivity contribution in [1.29, 1.82) is 0 Å². The Balaban J connectivity index is 2.58. The second-order valence-corrected chi connectivity index (χ2v) is 2.79. The summed E-state index contributed by atoms with van der Waals surface area (Å²) in [5.41, 5.74) is 0. The quantitative estimate of drug-likeness (QED) is 0.810. The maximum absolute atomic E-state index is 12.9. The van der Waals surface area contributed by atoms with Crippen LogP contribution in [0, 0.1) is 5.82 Å². The van der Waals surface area contributed by atoms with E-state index in [4.69, 9.17) is 14.6 Å². The van der Waals surface area contributed by atoms with E-state index in [9.17, 15) is 9.18 Å². The number of ether oxygens (including phenoxy) is 2. The Labute approximate surface area is 86.2 Å². The molecular weight excluding hydrogens is 203 g/mol. The molecule has 0 aliphatic heterocycles. The van der Waals surface area contributed by atoms with Crippen molar-refractivity contribution in [2.24, 2.45) is 0 Å². The topological polar surface area (TPSA) is 55.8 Å². The average molecular weight is 214 g/mol. The van der Waals surface area contributed by atoms with Crippen LogP contribution in [0.3, 0.4) is 0 Å². The molecule has 0 aliphatic carbocycles. The minimum Gasteiger partial charge on any atom is -0.494 e. The molecule has 4 nitrogen and oxygen atoms in total. The molecule has 0 fully saturated rings. The van der Waals surface area contributed by atoms with Crippen LogP contribution in [0.25, 0.3) is 0 Å². The standard InChI is InChI=1S/C10H11FO4/c1-14-9-6-7(2-3-8(9)11)15-5-4-10(12)13/h2-3,6H,4-5H2,1H3,(H,12,13). The van der Waals surface area contributed by atoms with E-state index in [1.807, 2.05) is 0 Å². The highest BCUT2D eigenvalue weighted by atomic mass is 19.1. The molecule has 0 amide bonds. The molecule has 0 bridgehead atoms. The van der Waals surface area contributed by atoms with Gasteiger partial charge in [0, 0.05) is 6.07 Å². The molecule has 0 aliphatic rings. The molecule has 0 heterocycles. The highest BCUT2D eigenvalue weighted by Crippen LogP contribution is 2.22. The normalized spacial score (nSPS) is 9.73. The van der Waals surface area contributed by atoms with Gasteiger partial charge in [0.15, 0.2) is 11.6 Å². The predicted octanol–water partition coefficient (Wildman–Crippen LogP) is 1.69. The fourth-order valence-corrected chi connectivity index (χ4v) is 0.986. The SMILES string of the molecule is COc1cc(OCCC(=O)O)ccc1F. The van der Waals surface area contributed by atoms with E-state index >= 15 is 0 Å². The summed E-state index contributed by atoms with van der Waals surface area (Å²) < 4.78 is 22.8. The second kappa shape index (κ2) is 5.19. The van der Waals surface area contributed by atoms with Gasteiger partial charge in [0.25, 0.3) is 0 Å². The fraction of sp³-hybridized carbons (Fsp3) is 0.300. The van der Waals surface area contributed by atoms with E-state index in [0.717, 1.165) is 0 Å². The van der Waals surface area contributed by atoms with E-state index in [0.29, 0.717) is 5.75 Å². The Morgan fingerprint density at radius 1 is 1.53 bits per heavy atom. The van der Waals surface area contributed by atoms with Crippen molar-refractivity contribution in [2.45, 2.75) is 6.42 Å². The van der Waals surface area contributed by atoms with Crippen molar-refractivity contribution in [3.63, 3.8) is 0 Å². The van der Waals surface area contributed by atoms with E-state index in [1.54, 1.807) is 0 Å². The molecule has 0 saturated heterocycles. The van der Waals surface area contributed by atoms with Crippen molar-refractivity contribution in [1.82, 2.24) is 0 Å². The maximum atomic E-state index is 12.9. The van der Waals surface area contributed by atoms with E-state index in [-0.39, 0.29) is 18.8 Å². The third kappa shape index (κ3) is 3.46. The molecule has 5 heteroatoms. The van der Waals surface area contributed by atoms with Gasteiger partial charge in [-0.3, -0.25) is 4.79 Å². The first-order valence-electron chi connectivity index (χ1n) is 4.31. The van der Waals surface area contributed by atoms with Crippen molar-refractivity contribution in [3.05, 3.63) is 24.0 Å². The first-order valence-corrected chi connectivity index (χ1v) is 4.31. The van der Waals surface area contributed by atoms with Gasteiger partial charge in [0.2, 0.25) is 0 Å². The maximum Gasteiger partial charge on any atom is 0.306 e. The number of methoxy groups -OCH3 is 1. The number of hydrogen-bond acceptors (Lipinski definition) is 3. The third-order valence-electron chi connectivity index (χ3n) is 1.71. The zero-order chi connectivity index (χ0) is 11.3. The smallest absolute Gasteiger partial charge is 0.306 e. The van der Waals surface area contributed by atoms with Crippen LogP contribution < -0.4 is 9.47 Å². The van der Waals surface area contributed by atoms with Gasteiger partial charge in [-0.2, -0.15) is 0 Å². The zero-order valence-corrected chi connectivity index (χ0v) is 8.20. The number of carboxylic acid groups (broad SMARTS) is 1. The lowest BCUT2D eigenvalue weighted by molar-refractivity contribution is -0.137. The number of rotatable bonds is 5. The van der Waals surface area contributed by atoms with Crippen molar-refractivity contribution >= 4 is 5.97 Å². The van der Waals surface area contributed by atoms with Gasteiger partial charge in [-0.25, -0.2) is 4.39 Å². The summed E-state index contributed by atoms with van der Waals surface area (Å²) in [6.45, 7) is 0.0458. The molecule has 0 radical (unpaired) electrons. The first kappa shape index (κ1) is 11.3. The van der Waals surface area contributed by atoms with Gasteiger partial charge in [0.1, 0.15) is 5.75 Å². The third-order valence-corrected chi connectivity index (χ3v) is 1.71. The number of carboxylic acids is 1. The molecule has 1 aromatic carbocycles. The fourth-order valence-electron chi connectivity index (χ4n) is 0.986. The molecule has 15 heavy (non-hydrogen) atoms. The zero-order valence-electron chi connectivity index (χ0n) is 8.20. The van der Waals surface area contributed by atoms with Gasteiger partial charge in [-0.05, 0) is 12.1 Å². The van der Waals surface area contributed by atoms with Gasteiger partial charge in [-0.1, -0.05) is 0 Å². The van der Waals surface area contributed by atoms with Crippen molar-refractivity contribution < 1.29 is 23.8 Å². The van der Waals surface area contributed by atoms with Crippen LogP contribution >= 0.6 is 0 Å². The molecule has 0 aromatic heterocycles. The molecular formula is C10H11FO4. The summed E-state index contributed by atoms with van der Waals surface area (Å²) in [6.07, 6.45) is -0.0975. The Kier molecular flexibility index (Phi) is 3.91. The Morgan fingerprint density at radius 3 is 2.87 bits per heavy atom. The highest BCUT2D eigenvalue weighted by molar-refractivity contribution is 5.66. The van der Waals surface area contributed by atoms with Gasteiger partial charge < -0.3 is 14.6 Å². The summed E-state index contributed by atoms with van der Waals surface area (Å²) in [5.74, 6) is -0.968. The number of carbonyl (C=O) groups is 1. The van der Waals surface area contributed by atoms with Crippen molar-refractivity contribution in [3.8, 4) is 11.5 Å². The number of halogens is 1. The lowest BCUT2D eigenvalue weighted by atomic mass is 10.3. The Bertz CT molecular complexity index is 351. The summed E-state index contributed by atoms with van der Waals surface area (Å²) >= 11 is 0. The van der Waals surface area contributed by atoms with Gasteiger partial charge in [0.05, 0.1) is 20.1 Å². The van der Waals surface area contributed by atoms with Crippen LogP contribution in [0.1, 0.15) is 6.42 Å². The molecule has 82 valence electrons. The van der Waals surface area contributed by atoms with Crippen LogP contribution in [0.5, 0.6) is 11.5 Å². The average Bonchev–Trinajstić information content (AvgIpc) is 2.20. The molecule has 1 rings (SSSR count). The molecule has 0 saturated carbocycles. The number of benzene rings is 1. The van der Waals surface area contributed by atoms with Crippen LogP contribution in [0.15, 0.2) is 18.2 Å². The second-order valence-electron chi connectivity index (χ2n) is 2.79. The Hall–Kier alpha value is -1.78. The van der Waals surface area contributed by atoms with Gasteiger partial charge >= 0.3 is 5.97 Å². The van der Waals surface area contributed by atoms with Crippen LogP contribution in [-0.2, 0) is 4.79 Å². The lowest BCUT2D eigenvalue weighted by Gasteiger charge is -2.06. The summed E-state index contributed by atoms with van der Waals surface area (Å²) in [4.78, 5) is 10.2. The molecule has 0 spiro atoms. The number of hydrogen-bond donors (Lipinski definition) is 1. The summed E-state index contributed by atoms with van der Waals surface area (Å²) in [5, 5.41) is 8.37. The first-order chi connectivity index (χ1) is 7.13. The van der Waals surface area contributed by atoms with E-state index < -0.39 is 11.8 Å². The summed E-state index contributed by atoms with van der Waals surface area (Å²) in [7, 11) is 1.35. The molecule has 0 atom stereocenters. The summed E-state index contributed by atoms with van der Waals surface area (Å²) in [6, 6.07) is 3.99. The number of aliphatic carboxylic acids is 1. The molecule has 1 N–H and O–H groups in total. The monoisotopic (exact) mass is 214 g/mol. The lowest BCUT2D eigenvalue weighted by Crippen LogP contribution is -2.04. The van der Waals surface area contributed by atoms with Crippen LogP contribution in [-0.4, -0.2) is 24.8 Å². The minimum absolute atomic E-state index is 0.0458. The van der Waals surface area contributed by atoms with Crippen molar-refractivity contribution in [2.75, 3.05) is 13.7 Å². The van der Waals surface area contributed by atoms with E-state index in [2.05, 4.69) is 0 Å². The van der Waals surface area contributed by atoms with E-state index in [1.165, 1.54) is 25.3 Å². The highest BCUT2D eigenvalue weighted by Gasteiger charge is 2.04. The Morgan fingerprint density at radius 2 is 2.27 bits per heavy atom. The minimum atomic E-state index is -0.941. The van der Waals surface area contributed by atoms with Gasteiger partial charge in [-0.15, -0.1) is 0 Å². The molecule has 1 aromatic rings. The van der Waals surface area contributed by atoms with Crippen LogP contribution in [0.2, 0.25) is 0 Å². The predicted molar refractivity (Wildman–Crippen MR) is 50.7 cm³/mol.